The summed E-state index contributed by atoms with van der Waals surface area (Å²) in [5.41, 5.74) is 2.92. The molecular formula is C15H19N3O. The summed E-state index contributed by atoms with van der Waals surface area (Å²) >= 11 is 0. The SMILES string of the molecule is CN(C)c1cccc(C(=O)NCCc2cc[nH]c2)c1. The molecule has 1 heterocycles. The lowest BCUT2D eigenvalue weighted by Gasteiger charge is -2.13. The largest absolute Gasteiger partial charge is 0.378 e. The minimum atomic E-state index is -0.0285. The van der Waals surface area contributed by atoms with Crippen LogP contribution in [0.1, 0.15) is 15.9 Å². The highest BCUT2D eigenvalue weighted by atomic mass is 16.1. The number of hydrogen-bond acceptors (Lipinski definition) is 2. The number of aromatic nitrogens is 1. The van der Waals surface area contributed by atoms with Gasteiger partial charge in [0.05, 0.1) is 0 Å². The van der Waals surface area contributed by atoms with Gasteiger partial charge in [0.2, 0.25) is 0 Å². The van der Waals surface area contributed by atoms with Crippen molar-refractivity contribution in [2.75, 3.05) is 25.5 Å². The third kappa shape index (κ3) is 3.61. The van der Waals surface area contributed by atoms with Crippen LogP contribution in [0.5, 0.6) is 0 Å². The van der Waals surface area contributed by atoms with Gasteiger partial charge >= 0.3 is 0 Å². The second kappa shape index (κ2) is 6.09. The first kappa shape index (κ1) is 13.2. The molecule has 4 heteroatoms. The van der Waals surface area contributed by atoms with Crippen molar-refractivity contribution in [3.05, 3.63) is 53.9 Å². The molecule has 0 saturated carbocycles. The molecule has 0 spiro atoms. The second-order valence-electron chi connectivity index (χ2n) is 4.67. The monoisotopic (exact) mass is 257 g/mol. The lowest BCUT2D eigenvalue weighted by atomic mass is 10.1. The van der Waals surface area contributed by atoms with Gasteiger partial charge in [-0.05, 0) is 36.2 Å². The molecular weight excluding hydrogens is 238 g/mol. The Hall–Kier alpha value is -2.23. The van der Waals surface area contributed by atoms with E-state index in [1.807, 2.05) is 61.7 Å². The van der Waals surface area contributed by atoms with Gasteiger partial charge in [-0.2, -0.15) is 0 Å². The van der Waals surface area contributed by atoms with Gasteiger partial charge in [-0.15, -0.1) is 0 Å². The Morgan fingerprint density at radius 3 is 2.84 bits per heavy atom. The fraction of sp³-hybridized carbons (Fsp3) is 0.267. The number of benzene rings is 1. The number of amides is 1. The Morgan fingerprint density at radius 1 is 1.32 bits per heavy atom. The number of aromatic amines is 1. The first-order valence-corrected chi connectivity index (χ1v) is 6.34. The fourth-order valence-electron chi connectivity index (χ4n) is 1.86. The van der Waals surface area contributed by atoms with Gasteiger partial charge in [-0.3, -0.25) is 4.79 Å². The van der Waals surface area contributed by atoms with Crippen LogP contribution < -0.4 is 10.2 Å². The van der Waals surface area contributed by atoms with Crippen LogP contribution >= 0.6 is 0 Å². The van der Waals surface area contributed by atoms with Gasteiger partial charge < -0.3 is 15.2 Å². The van der Waals surface area contributed by atoms with Crippen molar-refractivity contribution in [3.8, 4) is 0 Å². The lowest BCUT2D eigenvalue weighted by molar-refractivity contribution is 0.0954. The van der Waals surface area contributed by atoms with Gasteiger partial charge in [-0.25, -0.2) is 0 Å². The summed E-state index contributed by atoms with van der Waals surface area (Å²) < 4.78 is 0. The Bertz CT molecular complexity index is 532. The van der Waals surface area contributed by atoms with Gasteiger partial charge in [0, 0.05) is 44.3 Å². The van der Waals surface area contributed by atoms with E-state index in [0.717, 1.165) is 12.1 Å². The molecule has 0 fully saturated rings. The van der Waals surface area contributed by atoms with E-state index in [1.54, 1.807) is 0 Å². The molecule has 2 N–H and O–H groups in total. The maximum absolute atomic E-state index is 12.0. The number of nitrogens with zero attached hydrogens (tertiary/aromatic N) is 1. The minimum absolute atomic E-state index is 0.0285. The fourth-order valence-corrected chi connectivity index (χ4v) is 1.86. The highest BCUT2D eigenvalue weighted by Crippen LogP contribution is 2.13. The molecule has 19 heavy (non-hydrogen) atoms. The Morgan fingerprint density at radius 2 is 2.16 bits per heavy atom. The average molecular weight is 257 g/mol. The molecule has 1 amide bonds. The maximum Gasteiger partial charge on any atom is 0.251 e. The summed E-state index contributed by atoms with van der Waals surface area (Å²) in [7, 11) is 3.92. The summed E-state index contributed by atoms with van der Waals surface area (Å²) in [5.74, 6) is -0.0285. The van der Waals surface area contributed by atoms with Crippen LogP contribution in [0.15, 0.2) is 42.7 Å². The third-order valence-electron chi connectivity index (χ3n) is 2.99. The van der Waals surface area contributed by atoms with E-state index in [1.165, 1.54) is 5.56 Å². The number of rotatable bonds is 5. The average Bonchev–Trinajstić information content (AvgIpc) is 2.92. The normalized spacial score (nSPS) is 10.2. The van der Waals surface area contributed by atoms with Gasteiger partial charge in [0.15, 0.2) is 0 Å². The first-order valence-electron chi connectivity index (χ1n) is 6.34. The molecule has 0 aliphatic rings. The molecule has 0 aliphatic heterocycles. The second-order valence-corrected chi connectivity index (χ2v) is 4.67. The number of hydrogen-bond donors (Lipinski definition) is 2. The van der Waals surface area contributed by atoms with Crippen LogP contribution in [-0.2, 0) is 6.42 Å². The van der Waals surface area contributed by atoms with E-state index in [0.29, 0.717) is 12.1 Å². The topological polar surface area (TPSA) is 48.1 Å². The zero-order valence-electron chi connectivity index (χ0n) is 11.3. The minimum Gasteiger partial charge on any atom is -0.378 e. The molecule has 0 bridgehead atoms. The Kier molecular flexibility index (Phi) is 4.23. The van der Waals surface area contributed by atoms with E-state index < -0.39 is 0 Å². The van der Waals surface area contributed by atoms with Crippen molar-refractivity contribution in [2.45, 2.75) is 6.42 Å². The van der Waals surface area contributed by atoms with E-state index in [4.69, 9.17) is 0 Å². The molecule has 0 atom stereocenters. The first-order chi connectivity index (χ1) is 9.16. The van der Waals surface area contributed by atoms with E-state index in [9.17, 15) is 4.79 Å². The third-order valence-corrected chi connectivity index (χ3v) is 2.99. The van der Waals surface area contributed by atoms with Crippen LogP contribution in [0.2, 0.25) is 0 Å². The van der Waals surface area contributed by atoms with Crippen LogP contribution in [0.4, 0.5) is 5.69 Å². The van der Waals surface area contributed by atoms with Crippen LogP contribution in [0, 0.1) is 0 Å². The smallest absolute Gasteiger partial charge is 0.251 e. The maximum atomic E-state index is 12.0. The molecule has 0 aliphatic carbocycles. The molecule has 2 rings (SSSR count). The standard InChI is InChI=1S/C15H19N3O/c1-18(2)14-5-3-4-13(10-14)15(19)17-9-7-12-6-8-16-11-12/h3-6,8,10-11,16H,7,9H2,1-2H3,(H,17,19). The summed E-state index contributed by atoms with van der Waals surface area (Å²) in [5, 5.41) is 2.93. The van der Waals surface area contributed by atoms with Crippen LogP contribution in [-0.4, -0.2) is 31.5 Å². The summed E-state index contributed by atoms with van der Waals surface area (Å²) in [6, 6.07) is 9.62. The van der Waals surface area contributed by atoms with Gasteiger partial charge in [0.25, 0.3) is 5.91 Å². The summed E-state index contributed by atoms with van der Waals surface area (Å²) in [6.07, 6.45) is 4.67. The van der Waals surface area contributed by atoms with Crippen LogP contribution in [0.3, 0.4) is 0 Å². The molecule has 0 radical (unpaired) electrons. The van der Waals surface area contributed by atoms with E-state index in [-0.39, 0.29) is 5.91 Å². The molecule has 0 unspecified atom stereocenters. The molecule has 4 nitrogen and oxygen atoms in total. The molecule has 2 aromatic rings. The Labute approximate surface area is 113 Å². The van der Waals surface area contributed by atoms with E-state index >= 15 is 0 Å². The number of H-pyrrole nitrogens is 1. The summed E-state index contributed by atoms with van der Waals surface area (Å²) in [4.78, 5) is 17.0. The van der Waals surface area contributed by atoms with Gasteiger partial charge in [0.1, 0.15) is 0 Å². The van der Waals surface area contributed by atoms with Crippen molar-refractivity contribution in [1.29, 1.82) is 0 Å². The molecule has 100 valence electrons. The van der Waals surface area contributed by atoms with E-state index in [2.05, 4.69) is 10.3 Å². The number of carbonyl (C=O) groups excluding carboxylic acids is 1. The van der Waals surface area contributed by atoms with Crippen molar-refractivity contribution in [2.24, 2.45) is 0 Å². The number of nitrogens with one attached hydrogen (secondary N) is 2. The summed E-state index contributed by atoms with van der Waals surface area (Å²) in [6.45, 7) is 0.642. The predicted octanol–water partition coefficient (Wildman–Crippen LogP) is 2.05. The van der Waals surface area contributed by atoms with Crippen molar-refractivity contribution < 1.29 is 4.79 Å². The highest BCUT2D eigenvalue weighted by Gasteiger charge is 2.06. The van der Waals surface area contributed by atoms with Crippen molar-refractivity contribution in [1.82, 2.24) is 10.3 Å². The number of anilines is 1. The Balaban J connectivity index is 1.90. The zero-order valence-corrected chi connectivity index (χ0v) is 11.3. The quantitative estimate of drug-likeness (QED) is 0.861. The predicted molar refractivity (Wildman–Crippen MR) is 77.6 cm³/mol. The van der Waals surface area contributed by atoms with Gasteiger partial charge in [-0.1, -0.05) is 6.07 Å². The molecule has 1 aromatic heterocycles. The molecule has 1 aromatic carbocycles. The number of carbonyl (C=O) groups is 1. The van der Waals surface area contributed by atoms with Crippen molar-refractivity contribution >= 4 is 11.6 Å². The van der Waals surface area contributed by atoms with Crippen molar-refractivity contribution in [3.63, 3.8) is 0 Å². The van der Waals surface area contributed by atoms with Crippen LogP contribution in [0.25, 0.3) is 0 Å². The zero-order chi connectivity index (χ0) is 13.7. The highest BCUT2D eigenvalue weighted by molar-refractivity contribution is 5.95. The molecule has 0 saturated heterocycles. The lowest BCUT2D eigenvalue weighted by Crippen LogP contribution is -2.25.